The molecule has 1 fully saturated rings. The van der Waals surface area contributed by atoms with Gasteiger partial charge in [0.05, 0.1) is 12.2 Å². The zero-order valence-corrected chi connectivity index (χ0v) is 12.2. The van der Waals surface area contributed by atoms with E-state index < -0.39 is 15.6 Å². The number of rotatable bonds is 3. The number of nitrogens with zero attached hydrogens (tertiary/aromatic N) is 1. The molecular formula is C14H17NO5S. The van der Waals surface area contributed by atoms with Gasteiger partial charge in [-0.25, -0.2) is 8.42 Å². The minimum absolute atomic E-state index is 0.0851. The highest BCUT2D eigenvalue weighted by molar-refractivity contribution is 7.89. The fraction of sp³-hybridized carbons (Fsp3) is 0.429. The van der Waals surface area contributed by atoms with Crippen LogP contribution in [0.4, 0.5) is 0 Å². The number of hydrogen-bond donors (Lipinski definition) is 2. The first kappa shape index (κ1) is 14.5. The summed E-state index contributed by atoms with van der Waals surface area (Å²) >= 11 is 0. The summed E-state index contributed by atoms with van der Waals surface area (Å²) < 4.78 is 31.8. The van der Waals surface area contributed by atoms with Crippen LogP contribution in [0.2, 0.25) is 0 Å². The van der Waals surface area contributed by atoms with Crippen LogP contribution < -0.4 is 0 Å². The molecule has 1 aliphatic rings. The minimum Gasteiger partial charge on any atom is -0.443 e. The molecule has 21 heavy (non-hydrogen) atoms. The number of piperidine rings is 1. The highest BCUT2D eigenvalue weighted by atomic mass is 32.2. The molecule has 1 aliphatic heterocycles. The summed E-state index contributed by atoms with van der Waals surface area (Å²) in [6, 6.07) is 8.62. The maximum atomic E-state index is 12.5. The van der Waals surface area contributed by atoms with Gasteiger partial charge in [0.1, 0.15) is 5.58 Å². The molecule has 1 aromatic heterocycles. The van der Waals surface area contributed by atoms with Gasteiger partial charge in [0, 0.05) is 24.5 Å². The standard InChI is InChI=1S/C14H17NO5S/c16-10-14(17)5-7-15(8-6-14)21(18,19)13-9-11-3-1-2-4-12(11)20-13/h1-4,9,16-17H,5-8,10H2. The number of aliphatic hydroxyl groups excluding tert-OH is 1. The van der Waals surface area contributed by atoms with Crippen LogP contribution >= 0.6 is 0 Å². The summed E-state index contributed by atoms with van der Waals surface area (Å²) in [6.45, 7) is -0.0294. The Balaban J connectivity index is 1.87. The van der Waals surface area contributed by atoms with Crippen molar-refractivity contribution in [1.82, 2.24) is 4.31 Å². The molecule has 0 amide bonds. The maximum absolute atomic E-state index is 12.5. The third-order valence-electron chi connectivity index (χ3n) is 3.94. The van der Waals surface area contributed by atoms with E-state index in [-0.39, 0.29) is 37.6 Å². The second-order valence-electron chi connectivity index (χ2n) is 5.39. The van der Waals surface area contributed by atoms with Gasteiger partial charge in [-0.2, -0.15) is 4.31 Å². The van der Waals surface area contributed by atoms with Crippen molar-refractivity contribution in [3.05, 3.63) is 30.3 Å². The zero-order chi connectivity index (χ0) is 15.1. The van der Waals surface area contributed by atoms with Crippen LogP contribution in [0.3, 0.4) is 0 Å². The van der Waals surface area contributed by atoms with E-state index in [1.807, 2.05) is 6.07 Å². The third kappa shape index (κ3) is 2.57. The Hall–Kier alpha value is -1.41. The lowest BCUT2D eigenvalue weighted by atomic mass is 9.94. The van der Waals surface area contributed by atoms with Gasteiger partial charge in [-0.3, -0.25) is 0 Å². The molecule has 0 spiro atoms. The van der Waals surface area contributed by atoms with Gasteiger partial charge < -0.3 is 14.6 Å². The molecule has 0 atom stereocenters. The highest BCUT2D eigenvalue weighted by Crippen LogP contribution is 2.29. The van der Waals surface area contributed by atoms with E-state index in [4.69, 9.17) is 9.52 Å². The van der Waals surface area contributed by atoms with Crippen molar-refractivity contribution in [1.29, 1.82) is 0 Å². The van der Waals surface area contributed by atoms with Gasteiger partial charge in [-0.15, -0.1) is 0 Å². The molecule has 114 valence electrons. The second kappa shape index (κ2) is 5.10. The topological polar surface area (TPSA) is 91.0 Å². The first-order chi connectivity index (χ1) is 9.94. The van der Waals surface area contributed by atoms with Gasteiger partial charge in [0.2, 0.25) is 5.09 Å². The van der Waals surface area contributed by atoms with Gasteiger partial charge >= 0.3 is 0 Å². The molecule has 2 N–H and O–H groups in total. The number of para-hydroxylation sites is 1. The lowest BCUT2D eigenvalue weighted by Crippen LogP contribution is -2.48. The van der Waals surface area contributed by atoms with Crippen molar-refractivity contribution in [3.63, 3.8) is 0 Å². The predicted molar refractivity (Wildman–Crippen MR) is 76.2 cm³/mol. The van der Waals surface area contributed by atoms with Gasteiger partial charge in [0.25, 0.3) is 10.0 Å². The zero-order valence-electron chi connectivity index (χ0n) is 11.4. The number of aliphatic hydroxyl groups is 2. The molecule has 0 aliphatic carbocycles. The first-order valence-electron chi connectivity index (χ1n) is 6.77. The van der Waals surface area contributed by atoms with E-state index in [2.05, 4.69) is 0 Å². The average Bonchev–Trinajstić information content (AvgIpc) is 2.92. The Morgan fingerprint density at radius 2 is 1.90 bits per heavy atom. The fourth-order valence-corrected chi connectivity index (χ4v) is 3.90. The number of furan rings is 1. The largest absolute Gasteiger partial charge is 0.443 e. The van der Waals surface area contributed by atoms with Crippen LogP contribution in [0, 0.1) is 0 Å². The number of benzene rings is 1. The summed E-state index contributed by atoms with van der Waals surface area (Å²) in [7, 11) is -3.71. The van der Waals surface area contributed by atoms with Crippen LogP contribution in [0.1, 0.15) is 12.8 Å². The molecule has 0 radical (unpaired) electrons. The summed E-state index contributed by atoms with van der Waals surface area (Å²) in [5, 5.41) is 19.7. The molecule has 2 aromatic rings. The molecule has 2 heterocycles. The summed E-state index contributed by atoms with van der Waals surface area (Å²) in [5.74, 6) is 0. The summed E-state index contributed by atoms with van der Waals surface area (Å²) in [6.07, 6.45) is 0.423. The van der Waals surface area contributed by atoms with E-state index in [0.717, 1.165) is 5.39 Å². The second-order valence-corrected chi connectivity index (χ2v) is 7.26. The smallest absolute Gasteiger partial charge is 0.276 e. The normalized spacial score (nSPS) is 19.9. The van der Waals surface area contributed by atoms with E-state index in [9.17, 15) is 13.5 Å². The molecule has 1 saturated heterocycles. The maximum Gasteiger partial charge on any atom is 0.276 e. The molecule has 6 nitrogen and oxygen atoms in total. The first-order valence-corrected chi connectivity index (χ1v) is 8.21. The highest BCUT2D eigenvalue weighted by Gasteiger charge is 2.37. The number of sulfonamides is 1. The van der Waals surface area contributed by atoms with Crippen molar-refractivity contribution in [2.75, 3.05) is 19.7 Å². The molecule has 3 rings (SSSR count). The van der Waals surface area contributed by atoms with Crippen LogP contribution in [0.15, 0.2) is 39.8 Å². The molecule has 0 bridgehead atoms. The monoisotopic (exact) mass is 311 g/mol. The minimum atomic E-state index is -3.71. The van der Waals surface area contributed by atoms with Crippen molar-refractivity contribution in [2.45, 2.75) is 23.5 Å². The Morgan fingerprint density at radius 1 is 1.24 bits per heavy atom. The van der Waals surface area contributed by atoms with Gasteiger partial charge in [-0.05, 0) is 18.9 Å². The average molecular weight is 311 g/mol. The fourth-order valence-electron chi connectivity index (χ4n) is 2.51. The Morgan fingerprint density at radius 3 is 2.52 bits per heavy atom. The Bertz CT molecular complexity index is 711. The predicted octanol–water partition coefficient (Wildman–Crippen LogP) is 0.941. The summed E-state index contributed by atoms with van der Waals surface area (Å²) in [5.41, 5.74) is -0.653. The van der Waals surface area contributed by atoms with E-state index >= 15 is 0 Å². The number of fused-ring (bicyclic) bond motifs is 1. The quantitative estimate of drug-likeness (QED) is 0.880. The van der Waals surface area contributed by atoms with E-state index in [1.54, 1.807) is 18.2 Å². The Labute approximate surface area is 122 Å². The van der Waals surface area contributed by atoms with Crippen molar-refractivity contribution >= 4 is 21.0 Å². The van der Waals surface area contributed by atoms with Crippen molar-refractivity contribution in [2.24, 2.45) is 0 Å². The SMILES string of the molecule is O=S(=O)(c1cc2ccccc2o1)N1CCC(O)(CO)CC1. The summed E-state index contributed by atoms with van der Waals surface area (Å²) in [4.78, 5) is 0. The Kier molecular flexibility index (Phi) is 3.53. The van der Waals surface area contributed by atoms with Crippen LogP contribution in [0.5, 0.6) is 0 Å². The third-order valence-corrected chi connectivity index (χ3v) is 5.70. The van der Waals surface area contributed by atoms with Crippen LogP contribution in [0.25, 0.3) is 11.0 Å². The van der Waals surface area contributed by atoms with Gasteiger partial charge in [0.15, 0.2) is 0 Å². The number of hydrogen-bond acceptors (Lipinski definition) is 5. The van der Waals surface area contributed by atoms with Crippen molar-refractivity contribution < 1.29 is 23.0 Å². The molecular weight excluding hydrogens is 294 g/mol. The lowest BCUT2D eigenvalue weighted by molar-refractivity contribution is -0.0481. The van der Waals surface area contributed by atoms with E-state index in [1.165, 1.54) is 10.4 Å². The molecule has 7 heteroatoms. The van der Waals surface area contributed by atoms with E-state index in [0.29, 0.717) is 5.58 Å². The van der Waals surface area contributed by atoms with Gasteiger partial charge in [-0.1, -0.05) is 18.2 Å². The van der Waals surface area contributed by atoms with Crippen molar-refractivity contribution in [3.8, 4) is 0 Å². The molecule has 0 saturated carbocycles. The molecule has 1 aromatic carbocycles. The lowest BCUT2D eigenvalue weighted by Gasteiger charge is -2.35. The van der Waals surface area contributed by atoms with Crippen LogP contribution in [-0.2, 0) is 10.0 Å². The van der Waals surface area contributed by atoms with Crippen LogP contribution in [-0.4, -0.2) is 48.2 Å². The molecule has 0 unspecified atom stereocenters.